The SMILES string of the molecule is COc1ccc(C(C)NCC2CCCC2CO)c(OC)c1. The van der Waals surface area contributed by atoms with Crippen molar-refractivity contribution in [2.45, 2.75) is 32.2 Å². The Morgan fingerprint density at radius 3 is 2.67 bits per heavy atom. The van der Waals surface area contributed by atoms with Crippen molar-refractivity contribution < 1.29 is 14.6 Å². The normalized spacial score (nSPS) is 23.0. The van der Waals surface area contributed by atoms with E-state index in [9.17, 15) is 5.11 Å². The molecule has 3 unspecified atom stereocenters. The Balaban J connectivity index is 1.98. The lowest BCUT2D eigenvalue weighted by Crippen LogP contribution is -2.29. The van der Waals surface area contributed by atoms with Gasteiger partial charge in [0.15, 0.2) is 0 Å². The topological polar surface area (TPSA) is 50.7 Å². The summed E-state index contributed by atoms with van der Waals surface area (Å²) in [5, 5.41) is 13.0. The molecule has 1 aromatic carbocycles. The third-order valence-electron chi connectivity index (χ3n) is 4.64. The van der Waals surface area contributed by atoms with Crippen molar-refractivity contribution in [3.05, 3.63) is 23.8 Å². The maximum atomic E-state index is 9.40. The Morgan fingerprint density at radius 1 is 1.24 bits per heavy atom. The van der Waals surface area contributed by atoms with E-state index in [4.69, 9.17) is 9.47 Å². The van der Waals surface area contributed by atoms with Crippen LogP contribution in [-0.4, -0.2) is 32.5 Å². The highest BCUT2D eigenvalue weighted by atomic mass is 16.5. The average Bonchev–Trinajstić information content (AvgIpc) is 2.99. The minimum absolute atomic E-state index is 0.214. The molecule has 4 nitrogen and oxygen atoms in total. The summed E-state index contributed by atoms with van der Waals surface area (Å²) in [5.74, 6) is 2.70. The number of hydrogen-bond acceptors (Lipinski definition) is 4. The van der Waals surface area contributed by atoms with E-state index in [2.05, 4.69) is 12.2 Å². The van der Waals surface area contributed by atoms with Crippen molar-refractivity contribution in [1.82, 2.24) is 5.32 Å². The van der Waals surface area contributed by atoms with Gasteiger partial charge in [-0.25, -0.2) is 0 Å². The summed E-state index contributed by atoms with van der Waals surface area (Å²) in [6.07, 6.45) is 3.60. The number of aliphatic hydroxyl groups is 1. The maximum absolute atomic E-state index is 9.40. The zero-order chi connectivity index (χ0) is 15.2. The molecule has 1 saturated carbocycles. The number of aliphatic hydroxyl groups excluding tert-OH is 1. The number of ether oxygens (including phenoxy) is 2. The van der Waals surface area contributed by atoms with Crippen molar-refractivity contribution in [2.75, 3.05) is 27.4 Å². The summed E-state index contributed by atoms with van der Waals surface area (Å²) >= 11 is 0. The van der Waals surface area contributed by atoms with Gasteiger partial charge in [-0.15, -0.1) is 0 Å². The Kier molecular flexibility index (Phi) is 5.88. The van der Waals surface area contributed by atoms with Crippen LogP contribution in [0.3, 0.4) is 0 Å². The van der Waals surface area contributed by atoms with E-state index in [0.717, 1.165) is 30.0 Å². The van der Waals surface area contributed by atoms with Crippen LogP contribution in [0.5, 0.6) is 11.5 Å². The van der Waals surface area contributed by atoms with E-state index in [1.54, 1.807) is 14.2 Å². The molecule has 4 heteroatoms. The van der Waals surface area contributed by atoms with E-state index in [1.807, 2.05) is 18.2 Å². The molecule has 1 aliphatic rings. The number of rotatable bonds is 7. The highest BCUT2D eigenvalue weighted by Gasteiger charge is 2.26. The molecule has 0 bridgehead atoms. The zero-order valence-corrected chi connectivity index (χ0v) is 13.3. The van der Waals surface area contributed by atoms with Crippen molar-refractivity contribution >= 4 is 0 Å². The monoisotopic (exact) mass is 293 g/mol. The molecular weight excluding hydrogens is 266 g/mol. The van der Waals surface area contributed by atoms with Crippen LogP contribution in [0, 0.1) is 11.8 Å². The van der Waals surface area contributed by atoms with Gasteiger partial charge in [0.2, 0.25) is 0 Å². The van der Waals surface area contributed by atoms with Gasteiger partial charge in [0.05, 0.1) is 14.2 Å². The second-order valence-electron chi connectivity index (χ2n) is 5.87. The molecule has 0 radical (unpaired) electrons. The fraction of sp³-hybridized carbons (Fsp3) is 0.647. The lowest BCUT2D eigenvalue weighted by Gasteiger charge is -2.22. The highest BCUT2D eigenvalue weighted by molar-refractivity contribution is 5.42. The van der Waals surface area contributed by atoms with E-state index in [-0.39, 0.29) is 6.04 Å². The van der Waals surface area contributed by atoms with Crippen molar-refractivity contribution in [1.29, 1.82) is 0 Å². The minimum Gasteiger partial charge on any atom is -0.497 e. The summed E-state index contributed by atoms with van der Waals surface area (Å²) in [5.41, 5.74) is 1.14. The predicted octanol–water partition coefficient (Wildman–Crippen LogP) is 2.76. The van der Waals surface area contributed by atoms with Gasteiger partial charge in [-0.2, -0.15) is 0 Å². The molecule has 0 spiro atoms. The third kappa shape index (κ3) is 3.89. The van der Waals surface area contributed by atoms with Gasteiger partial charge < -0.3 is 19.9 Å². The van der Waals surface area contributed by atoms with Crippen LogP contribution in [0.1, 0.15) is 37.8 Å². The van der Waals surface area contributed by atoms with Crippen molar-refractivity contribution in [3.63, 3.8) is 0 Å². The standard InChI is InChI=1S/C17H27NO3/c1-12(18-10-13-5-4-6-14(13)11-19)16-8-7-15(20-2)9-17(16)21-3/h7-9,12-14,18-19H,4-6,10-11H2,1-3H3. The van der Waals surface area contributed by atoms with Crippen LogP contribution in [0.2, 0.25) is 0 Å². The van der Waals surface area contributed by atoms with E-state index >= 15 is 0 Å². The van der Waals surface area contributed by atoms with Gasteiger partial charge in [-0.3, -0.25) is 0 Å². The molecule has 118 valence electrons. The number of hydrogen-bond donors (Lipinski definition) is 2. The Labute approximate surface area is 127 Å². The summed E-state index contributed by atoms with van der Waals surface area (Å²) < 4.78 is 10.7. The molecule has 21 heavy (non-hydrogen) atoms. The lowest BCUT2D eigenvalue weighted by molar-refractivity contribution is 0.190. The lowest BCUT2D eigenvalue weighted by atomic mass is 9.96. The van der Waals surface area contributed by atoms with Gasteiger partial charge in [-0.1, -0.05) is 12.5 Å². The first-order valence-electron chi connectivity index (χ1n) is 7.75. The predicted molar refractivity (Wildman–Crippen MR) is 83.9 cm³/mol. The Hall–Kier alpha value is -1.26. The number of benzene rings is 1. The fourth-order valence-electron chi connectivity index (χ4n) is 3.24. The first-order valence-corrected chi connectivity index (χ1v) is 7.75. The zero-order valence-electron chi connectivity index (χ0n) is 13.3. The van der Waals surface area contributed by atoms with Crippen molar-refractivity contribution in [3.8, 4) is 11.5 Å². The molecule has 0 aliphatic heterocycles. The molecule has 1 aromatic rings. The van der Waals surface area contributed by atoms with Crippen LogP contribution in [-0.2, 0) is 0 Å². The molecule has 0 amide bonds. The van der Waals surface area contributed by atoms with Crippen LogP contribution in [0.25, 0.3) is 0 Å². The quantitative estimate of drug-likeness (QED) is 0.811. The van der Waals surface area contributed by atoms with E-state index in [1.165, 1.54) is 12.8 Å². The first-order chi connectivity index (χ1) is 10.2. The second-order valence-corrected chi connectivity index (χ2v) is 5.87. The highest BCUT2D eigenvalue weighted by Crippen LogP contribution is 2.33. The van der Waals surface area contributed by atoms with Crippen molar-refractivity contribution in [2.24, 2.45) is 11.8 Å². The molecule has 1 fully saturated rings. The average molecular weight is 293 g/mol. The third-order valence-corrected chi connectivity index (χ3v) is 4.64. The van der Waals surface area contributed by atoms with Gasteiger partial charge in [0.25, 0.3) is 0 Å². The molecule has 2 rings (SSSR count). The number of methoxy groups -OCH3 is 2. The molecular formula is C17H27NO3. The molecule has 3 atom stereocenters. The second kappa shape index (κ2) is 7.66. The van der Waals surface area contributed by atoms with E-state index in [0.29, 0.717) is 18.4 Å². The number of nitrogens with one attached hydrogen (secondary N) is 1. The molecule has 0 saturated heterocycles. The largest absolute Gasteiger partial charge is 0.497 e. The maximum Gasteiger partial charge on any atom is 0.127 e. The van der Waals surface area contributed by atoms with Gasteiger partial charge in [0.1, 0.15) is 11.5 Å². The molecule has 2 N–H and O–H groups in total. The first kappa shape index (κ1) is 16.1. The van der Waals surface area contributed by atoms with Crippen LogP contribution >= 0.6 is 0 Å². The minimum atomic E-state index is 0.214. The van der Waals surface area contributed by atoms with Gasteiger partial charge in [-0.05, 0) is 44.2 Å². The summed E-state index contributed by atoms with van der Waals surface area (Å²) in [4.78, 5) is 0. The summed E-state index contributed by atoms with van der Waals surface area (Å²) in [6.45, 7) is 3.40. The van der Waals surface area contributed by atoms with Gasteiger partial charge >= 0.3 is 0 Å². The molecule has 0 aromatic heterocycles. The molecule has 1 aliphatic carbocycles. The Bertz CT molecular complexity index is 450. The molecule has 0 heterocycles. The summed E-state index contributed by atoms with van der Waals surface area (Å²) in [7, 11) is 3.34. The Morgan fingerprint density at radius 2 is 2.00 bits per heavy atom. The summed E-state index contributed by atoms with van der Waals surface area (Å²) in [6, 6.07) is 6.14. The van der Waals surface area contributed by atoms with Crippen LogP contribution in [0.4, 0.5) is 0 Å². The van der Waals surface area contributed by atoms with E-state index < -0.39 is 0 Å². The fourth-order valence-corrected chi connectivity index (χ4v) is 3.24. The smallest absolute Gasteiger partial charge is 0.127 e. The van der Waals surface area contributed by atoms with Crippen LogP contribution in [0.15, 0.2) is 18.2 Å². The van der Waals surface area contributed by atoms with Crippen LogP contribution < -0.4 is 14.8 Å². The van der Waals surface area contributed by atoms with Gasteiger partial charge in [0, 0.05) is 24.3 Å².